The first-order chi connectivity index (χ1) is 19.1. The van der Waals surface area contributed by atoms with Gasteiger partial charge in [0.05, 0.1) is 35.1 Å². The third-order valence-electron chi connectivity index (χ3n) is 8.63. The van der Waals surface area contributed by atoms with Crippen LogP contribution in [0.3, 0.4) is 0 Å². The van der Waals surface area contributed by atoms with Crippen molar-refractivity contribution < 1.29 is 9.53 Å². The molecule has 40 heavy (non-hydrogen) atoms. The Morgan fingerprint density at radius 2 is 1.95 bits per heavy atom. The largest absolute Gasteiger partial charge is 0.444 e. The van der Waals surface area contributed by atoms with E-state index in [0.717, 1.165) is 59.3 Å². The molecule has 2 aliphatic heterocycles. The number of carbonyl (C=O) groups excluding carboxylic acids is 1. The van der Waals surface area contributed by atoms with Crippen molar-refractivity contribution in [3.63, 3.8) is 0 Å². The highest BCUT2D eigenvalue weighted by Gasteiger charge is 2.63. The van der Waals surface area contributed by atoms with Gasteiger partial charge in [0.25, 0.3) is 0 Å². The van der Waals surface area contributed by atoms with Crippen molar-refractivity contribution in [3.8, 4) is 28.3 Å². The SMILES string of the molecule is Cn1cc(-c2cc(-c3ccc(N4C5CC6CC4C(NC(=O)OC(C)(C)C)(C6)C5)nc3)c3c(C#N)cnn3c2)cn1. The predicted octanol–water partition coefficient (Wildman–Crippen LogP) is 4.69. The van der Waals surface area contributed by atoms with E-state index < -0.39 is 5.60 Å². The number of hydrogen-bond acceptors (Lipinski definition) is 7. The molecule has 4 bridgehead atoms. The van der Waals surface area contributed by atoms with Gasteiger partial charge in [-0.05, 0) is 70.6 Å². The topological polar surface area (TPSA) is 113 Å². The van der Waals surface area contributed by atoms with Gasteiger partial charge in [-0.2, -0.15) is 15.5 Å². The van der Waals surface area contributed by atoms with Gasteiger partial charge in [0.15, 0.2) is 0 Å². The lowest BCUT2D eigenvalue weighted by Crippen LogP contribution is -2.54. The van der Waals surface area contributed by atoms with E-state index in [4.69, 9.17) is 9.72 Å². The van der Waals surface area contributed by atoms with Gasteiger partial charge >= 0.3 is 6.09 Å². The summed E-state index contributed by atoms with van der Waals surface area (Å²) < 4.78 is 9.15. The third-order valence-corrected chi connectivity index (χ3v) is 8.63. The number of piperidine rings is 1. The van der Waals surface area contributed by atoms with Crippen molar-refractivity contribution in [2.45, 2.75) is 69.7 Å². The summed E-state index contributed by atoms with van der Waals surface area (Å²) in [5.74, 6) is 1.53. The van der Waals surface area contributed by atoms with E-state index in [-0.39, 0.29) is 17.7 Å². The Morgan fingerprint density at radius 3 is 2.65 bits per heavy atom. The maximum atomic E-state index is 12.8. The van der Waals surface area contributed by atoms with E-state index in [1.54, 1.807) is 15.4 Å². The summed E-state index contributed by atoms with van der Waals surface area (Å²) in [7, 11) is 1.89. The van der Waals surface area contributed by atoms with Crippen molar-refractivity contribution in [1.82, 2.24) is 29.7 Å². The molecule has 1 amide bonds. The van der Waals surface area contributed by atoms with Crippen LogP contribution in [-0.2, 0) is 11.8 Å². The molecule has 2 saturated heterocycles. The van der Waals surface area contributed by atoms with Crippen LogP contribution in [0.4, 0.5) is 10.6 Å². The third kappa shape index (κ3) is 3.91. The van der Waals surface area contributed by atoms with Crippen LogP contribution in [0, 0.1) is 17.2 Å². The summed E-state index contributed by atoms with van der Waals surface area (Å²) in [5.41, 5.74) is 4.18. The molecule has 4 fully saturated rings. The van der Waals surface area contributed by atoms with E-state index in [1.165, 1.54) is 0 Å². The van der Waals surface area contributed by atoms with E-state index >= 15 is 0 Å². The normalized spacial score (nSPS) is 25.0. The molecule has 10 nitrogen and oxygen atoms in total. The Bertz CT molecular complexity index is 1670. The molecule has 0 radical (unpaired) electrons. The summed E-state index contributed by atoms with van der Waals surface area (Å²) in [6, 6.07) is 9.03. The Morgan fingerprint density at radius 1 is 1.10 bits per heavy atom. The molecule has 0 spiro atoms. The fourth-order valence-corrected chi connectivity index (χ4v) is 7.30. The maximum Gasteiger partial charge on any atom is 0.408 e. The number of ether oxygens (including phenoxy) is 1. The molecule has 204 valence electrons. The van der Waals surface area contributed by atoms with Gasteiger partial charge in [-0.3, -0.25) is 4.68 Å². The average Bonchev–Trinajstić information content (AvgIpc) is 3.62. The maximum absolute atomic E-state index is 12.8. The van der Waals surface area contributed by atoms with Crippen LogP contribution in [0.25, 0.3) is 27.8 Å². The fourth-order valence-electron chi connectivity index (χ4n) is 7.30. The molecule has 4 atom stereocenters. The lowest BCUT2D eigenvalue weighted by molar-refractivity contribution is 0.0447. The molecular weight excluding hydrogens is 504 g/mol. The second-order valence-corrected chi connectivity index (χ2v) is 12.5. The van der Waals surface area contributed by atoms with Crippen LogP contribution < -0.4 is 10.2 Å². The number of nitriles is 1. The molecule has 2 saturated carbocycles. The number of nitrogens with one attached hydrogen (secondary N) is 1. The van der Waals surface area contributed by atoms with Gasteiger partial charge in [-0.1, -0.05) is 0 Å². The number of aryl methyl sites for hydroxylation is 1. The Kier molecular flexibility index (Phi) is 5.27. The van der Waals surface area contributed by atoms with Crippen molar-refractivity contribution in [2.75, 3.05) is 4.90 Å². The van der Waals surface area contributed by atoms with E-state index in [9.17, 15) is 10.1 Å². The molecule has 4 aromatic rings. The molecule has 2 aliphatic carbocycles. The zero-order valence-electron chi connectivity index (χ0n) is 23.1. The second kappa shape index (κ2) is 8.55. The number of pyridine rings is 2. The molecule has 4 aromatic heterocycles. The van der Waals surface area contributed by atoms with Gasteiger partial charge in [0, 0.05) is 53.9 Å². The summed E-state index contributed by atoms with van der Waals surface area (Å²) >= 11 is 0. The smallest absolute Gasteiger partial charge is 0.408 e. The number of nitrogens with zero attached hydrogens (tertiary/aromatic N) is 7. The van der Waals surface area contributed by atoms with Gasteiger partial charge in [-0.15, -0.1) is 0 Å². The van der Waals surface area contributed by atoms with Crippen molar-refractivity contribution in [1.29, 1.82) is 5.26 Å². The molecule has 6 heterocycles. The number of aromatic nitrogens is 5. The van der Waals surface area contributed by atoms with E-state index in [1.807, 2.05) is 52.6 Å². The van der Waals surface area contributed by atoms with Gasteiger partial charge in [0.2, 0.25) is 0 Å². The zero-order valence-corrected chi connectivity index (χ0v) is 23.1. The number of hydrogen-bond donors (Lipinski definition) is 1. The van der Waals surface area contributed by atoms with Crippen molar-refractivity contribution in [2.24, 2.45) is 13.0 Å². The first kappa shape index (κ1) is 24.6. The quantitative estimate of drug-likeness (QED) is 0.402. The molecule has 0 aromatic carbocycles. The van der Waals surface area contributed by atoms with Crippen molar-refractivity contribution >= 4 is 17.4 Å². The summed E-state index contributed by atoms with van der Waals surface area (Å²) in [6.45, 7) is 5.68. The summed E-state index contributed by atoms with van der Waals surface area (Å²) in [6.07, 6.45) is 12.9. The fraction of sp³-hybridized carbons (Fsp3) is 0.433. The highest BCUT2D eigenvalue weighted by molar-refractivity contribution is 5.87. The average molecular weight is 537 g/mol. The second-order valence-electron chi connectivity index (χ2n) is 12.5. The predicted molar refractivity (Wildman–Crippen MR) is 149 cm³/mol. The monoisotopic (exact) mass is 536 g/mol. The number of carbonyl (C=O) groups is 1. The van der Waals surface area contributed by atoms with Crippen LogP contribution in [0.15, 0.2) is 49.2 Å². The van der Waals surface area contributed by atoms with Crippen LogP contribution in [-0.4, -0.2) is 53.7 Å². The van der Waals surface area contributed by atoms with Crippen LogP contribution in [0.2, 0.25) is 0 Å². The van der Waals surface area contributed by atoms with E-state index in [0.29, 0.717) is 17.5 Å². The summed E-state index contributed by atoms with van der Waals surface area (Å²) in [4.78, 5) is 20.2. The first-order valence-corrected chi connectivity index (χ1v) is 13.8. The van der Waals surface area contributed by atoms with Crippen LogP contribution >= 0.6 is 0 Å². The first-order valence-electron chi connectivity index (χ1n) is 13.8. The molecular formula is C30H32N8O2. The minimum absolute atomic E-state index is 0.197. The van der Waals surface area contributed by atoms with Crippen molar-refractivity contribution in [3.05, 3.63) is 54.7 Å². The van der Waals surface area contributed by atoms with Crippen LogP contribution in [0.5, 0.6) is 0 Å². The number of rotatable bonds is 4. The van der Waals surface area contributed by atoms with Gasteiger partial charge in [0.1, 0.15) is 17.5 Å². The molecule has 10 heteroatoms. The Hall–Kier alpha value is -4.39. The van der Waals surface area contributed by atoms with Gasteiger partial charge in [-0.25, -0.2) is 14.3 Å². The Balaban J connectivity index is 1.22. The standard InChI is InChI=1S/C30H32N8O2/c1-29(2,3)40-28(39)35-30-10-18-7-23(11-30)38(25(30)8-18)26-6-5-19(13-32-26)24-9-20(22-15-33-36(4)16-22)17-37-27(24)21(12-31)14-34-37/h5-6,9,13-18,23,25H,7-8,10-11H2,1-4H3,(H,35,39). The lowest BCUT2D eigenvalue weighted by Gasteiger charge is -2.36. The zero-order chi connectivity index (χ0) is 27.8. The number of amides is 1. The minimum Gasteiger partial charge on any atom is -0.444 e. The highest BCUT2D eigenvalue weighted by atomic mass is 16.6. The lowest BCUT2D eigenvalue weighted by atomic mass is 9.82. The van der Waals surface area contributed by atoms with Crippen LogP contribution in [0.1, 0.15) is 52.0 Å². The molecule has 8 rings (SSSR count). The molecule has 4 aliphatic rings. The number of alkyl carbamates (subject to hydrolysis) is 1. The molecule has 1 N–H and O–H groups in total. The molecule has 4 unspecified atom stereocenters. The number of fused-ring (bicyclic) bond motifs is 1. The highest BCUT2D eigenvalue weighted by Crippen LogP contribution is 2.56. The van der Waals surface area contributed by atoms with Gasteiger partial charge < -0.3 is 15.0 Å². The number of anilines is 1. The minimum atomic E-state index is -0.534. The van der Waals surface area contributed by atoms with E-state index in [2.05, 4.69) is 44.7 Å². The Labute approximate surface area is 232 Å². The summed E-state index contributed by atoms with van der Waals surface area (Å²) in [5, 5.41) is 21.8.